The summed E-state index contributed by atoms with van der Waals surface area (Å²) in [6, 6.07) is 12.9. The van der Waals surface area contributed by atoms with Crippen LogP contribution in [0.15, 0.2) is 41.3 Å². The number of piperazine rings is 1. The van der Waals surface area contributed by atoms with Crippen LogP contribution in [0.1, 0.15) is 22.3 Å². The molecule has 1 saturated heterocycles. The molecule has 2 aromatic carbocycles. The van der Waals surface area contributed by atoms with Crippen LogP contribution in [0.2, 0.25) is 0 Å². The van der Waals surface area contributed by atoms with E-state index in [2.05, 4.69) is 69.0 Å². The van der Waals surface area contributed by atoms with Crippen LogP contribution >= 0.6 is 11.8 Å². The van der Waals surface area contributed by atoms with Gasteiger partial charge >= 0.3 is 0 Å². The highest BCUT2D eigenvalue weighted by atomic mass is 32.2. The topological polar surface area (TPSA) is 23.6 Å². The van der Waals surface area contributed by atoms with Crippen LogP contribution < -0.4 is 4.90 Å². The molecule has 4 heteroatoms. The van der Waals surface area contributed by atoms with Crippen molar-refractivity contribution in [2.24, 2.45) is 0 Å². The lowest BCUT2D eigenvalue weighted by molar-refractivity contribution is -0.128. The molecule has 1 amide bonds. The molecule has 1 fully saturated rings. The molecule has 0 unspecified atom stereocenters. The number of amides is 1. The molecule has 26 heavy (non-hydrogen) atoms. The van der Waals surface area contributed by atoms with Gasteiger partial charge < -0.3 is 9.80 Å². The molecule has 3 nitrogen and oxygen atoms in total. The third kappa shape index (κ3) is 4.24. The molecule has 1 heterocycles. The lowest BCUT2D eigenvalue weighted by atomic mass is 10.1. The SMILES string of the molecule is Cc1ccc(C)c(SCC(=O)N2CCN(c3cccc(C)c3C)CC2)c1. The number of benzene rings is 2. The number of carbonyl (C=O) groups is 1. The second kappa shape index (κ2) is 8.17. The zero-order chi connectivity index (χ0) is 18.7. The number of carbonyl (C=O) groups excluding carboxylic acids is 1. The first-order valence-electron chi connectivity index (χ1n) is 9.24. The summed E-state index contributed by atoms with van der Waals surface area (Å²) in [5.74, 6) is 0.768. The second-order valence-electron chi connectivity index (χ2n) is 7.14. The molecule has 3 rings (SSSR count). The first-order chi connectivity index (χ1) is 12.5. The monoisotopic (exact) mass is 368 g/mol. The molecule has 0 spiro atoms. The van der Waals surface area contributed by atoms with Gasteiger partial charge in [-0.3, -0.25) is 4.79 Å². The zero-order valence-electron chi connectivity index (χ0n) is 16.2. The van der Waals surface area contributed by atoms with Gasteiger partial charge in [0, 0.05) is 36.8 Å². The lowest BCUT2D eigenvalue weighted by Gasteiger charge is -2.37. The minimum atomic E-state index is 0.247. The summed E-state index contributed by atoms with van der Waals surface area (Å²) in [7, 11) is 0. The van der Waals surface area contributed by atoms with Gasteiger partial charge in [-0.25, -0.2) is 0 Å². The van der Waals surface area contributed by atoms with Crippen LogP contribution in [0.25, 0.3) is 0 Å². The summed E-state index contributed by atoms with van der Waals surface area (Å²) < 4.78 is 0. The van der Waals surface area contributed by atoms with Gasteiger partial charge in [0.1, 0.15) is 0 Å². The molecule has 0 bridgehead atoms. The maximum absolute atomic E-state index is 12.6. The quantitative estimate of drug-likeness (QED) is 0.749. The van der Waals surface area contributed by atoms with E-state index in [9.17, 15) is 4.79 Å². The second-order valence-corrected chi connectivity index (χ2v) is 8.16. The lowest BCUT2D eigenvalue weighted by Crippen LogP contribution is -2.49. The number of rotatable bonds is 4. The molecule has 0 saturated carbocycles. The van der Waals surface area contributed by atoms with Gasteiger partial charge in [0.25, 0.3) is 0 Å². The van der Waals surface area contributed by atoms with Crippen LogP contribution in [0, 0.1) is 27.7 Å². The van der Waals surface area contributed by atoms with E-state index in [1.54, 1.807) is 11.8 Å². The number of aryl methyl sites for hydroxylation is 3. The molecule has 1 aliphatic rings. The van der Waals surface area contributed by atoms with Crippen LogP contribution in [0.5, 0.6) is 0 Å². The Morgan fingerprint density at radius 2 is 1.69 bits per heavy atom. The van der Waals surface area contributed by atoms with Crippen molar-refractivity contribution in [1.82, 2.24) is 4.90 Å². The van der Waals surface area contributed by atoms with Crippen LogP contribution in [-0.4, -0.2) is 42.7 Å². The van der Waals surface area contributed by atoms with Crippen molar-refractivity contribution in [3.05, 3.63) is 58.7 Å². The normalized spacial score (nSPS) is 14.6. The minimum Gasteiger partial charge on any atom is -0.368 e. The Labute approximate surface area is 161 Å². The van der Waals surface area contributed by atoms with Crippen molar-refractivity contribution >= 4 is 23.4 Å². The standard InChI is InChI=1S/C22H28N2OS/c1-16-8-9-18(3)21(14-16)26-15-22(25)24-12-10-23(11-13-24)20-7-5-6-17(2)19(20)4/h5-9,14H,10-13,15H2,1-4H3. The van der Waals surface area contributed by atoms with E-state index >= 15 is 0 Å². The Kier molecular flexibility index (Phi) is 5.92. The summed E-state index contributed by atoms with van der Waals surface area (Å²) in [5, 5.41) is 0. The van der Waals surface area contributed by atoms with E-state index in [1.165, 1.54) is 32.8 Å². The summed E-state index contributed by atoms with van der Waals surface area (Å²) in [4.78, 5) is 18.3. The fourth-order valence-electron chi connectivity index (χ4n) is 3.37. The van der Waals surface area contributed by atoms with Crippen LogP contribution in [0.4, 0.5) is 5.69 Å². The third-order valence-corrected chi connectivity index (χ3v) is 6.39. The Bertz CT molecular complexity index is 795. The van der Waals surface area contributed by atoms with Crippen molar-refractivity contribution in [2.75, 3.05) is 36.8 Å². The average molecular weight is 369 g/mol. The van der Waals surface area contributed by atoms with Crippen molar-refractivity contribution in [3.8, 4) is 0 Å². The molecule has 0 radical (unpaired) electrons. The van der Waals surface area contributed by atoms with Gasteiger partial charge in [-0.1, -0.05) is 29.8 Å². The molecular weight excluding hydrogens is 340 g/mol. The number of anilines is 1. The van der Waals surface area contributed by atoms with E-state index in [0.717, 1.165) is 26.2 Å². The Morgan fingerprint density at radius 1 is 0.962 bits per heavy atom. The van der Waals surface area contributed by atoms with Gasteiger partial charge in [-0.05, 0) is 56.5 Å². The molecule has 0 atom stereocenters. The van der Waals surface area contributed by atoms with E-state index in [-0.39, 0.29) is 5.91 Å². The van der Waals surface area contributed by atoms with E-state index in [1.807, 2.05) is 4.90 Å². The van der Waals surface area contributed by atoms with E-state index < -0.39 is 0 Å². The average Bonchev–Trinajstić information content (AvgIpc) is 2.64. The van der Waals surface area contributed by atoms with Gasteiger partial charge in [0.2, 0.25) is 5.91 Å². The van der Waals surface area contributed by atoms with Crippen LogP contribution in [-0.2, 0) is 4.79 Å². The molecule has 0 aliphatic carbocycles. The predicted molar refractivity (Wildman–Crippen MR) is 111 cm³/mol. The molecule has 2 aromatic rings. The van der Waals surface area contributed by atoms with Crippen LogP contribution in [0.3, 0.4) is 0 Å². The maximum atomic E-state index is 12.6. The molecule has 1 aliphatic heterocycles. The maximum Gasteiger partial charge on any atom is 0.233 e. The fourth-order valence-corrected chi connectivity index (χ4v) is 4.40. The predicted octanol–water partition coefficient (Wildman–Crippen LogP) is 4.36. The van der Waals surface area contributed by atoms with E-state index in [4.69, 9.17) is 0 Å². The van der Waals surface area contributed by atoms with Gasteiger partial charge in [-0.15, -0.1) is 11.8 Å². The van der Waals surface area contributed by atoms with Gasteiger partial charge in [0.05, 0.1) is 5.75 Å². The zero-order valence-corrected chi connectivity index (χ0v) is 17.0. The van der Waals surface area contributed by atoms with Gasteiger partial charge in [-0.2, -0.15) is 0 Å². The summed E-state index contributed by atoms with van der Waals surface area (Å²) in [6.07, 6.45) is 0. The molecular formula is C22H28N2OS. The molecule has 138 valence electrons. The van der Waals surface area contributed by atoms with Crippen molar-refractivity contribution in [3.63, 3.8) is 0 Å². The first-order valence-corrected chi connectivity index (χ1v) is 10.2. The molecule has 0 N–H and O–H groups in total. The number of hydrogen-bond donors (Lipinski definition) is 0. The number of thioether (sulfide) groups is 1. The summed E-state index contributed by atoms with van der Waals surface area (Å²) in [5.41, 5.74) is 6.46. The van der Waals surface area contributed by atoms with Crippen molar-refractivity contribution in [2.45, 2.75) is 32.6 Å². The fraction of sp³-hybridized carbons (Fsp3) is 0.409. The Hall–Kier alpha value is -1.94. The van der Waals surface area contributed by atoms with Crippen molar-refractivity contribution < 1.29 is 4.79 Å². The summed E-state index contributed by atoms with van der Waals surface area (Å²) in [6.45, 7) is 12.0. The Morgan fingerprint density at radius 3 is 2.42 bits per heavy atom. The highest BCUT2D eigenvalue weighted by Gasteiger charge is 2.22. The minimum absolute atomic E-state index is 0.247. The highest BCUT2D eigenvalue weighted by molar-refractivity contribution is 8.00. The first kappa shape index (κ1) is 18.8. The highest BCUT2D eigenvalue weighted by Crippen LogP contribution is 2.26. The number of hydrogen-bond acceptors (Lipinski definition) is 3. The third-order valence-electron chi connectivity index (χ3n) is 5.24. The summed E-state index contributed by atoms with van der Waals surface area (Å²) >= 11 is 1.66. The number of nitrogens with zero attached hydrogens (tertiary/aromatic N) is 2. The Balaban J connectivity index is 1.55. The van der Waals surface area contributed by atoms with Gasteiger partial charge in [0.15, 0.2) is 0 Å². The van der Waals surface area contributed by atoms with Crippen molar-refractivity contribution in [1.29, 1.82) is 0 Å². The molecule has 0 aromatic heterocycles. The van der Waals surface area contributed by atoms with E-state index in [0.29, 0.717) is 5.75 Å². The smallest absolute Gasteiger partial charge is 0.233 e. The largest absolute Gasteiger partial charge is 0.368 e.